The number of methoxy groups -OCH3 is 1. The average molecular weight is 259 g/mol. The Balaban J connectivity index is 3.32. The molecule has 2 nitrogen and oxygen atoms in total. The maximum absolute atomic E-state index is 8.98. The zero-order chi connectivity index (χ0) is 10.7. The minimum absolute atomic E-state index is 0.146. The standard InChI is InChI=1S/C11H15BrO2/c1-7-6-10(12)11(14-3)9(4-5-13)8(7)2/h6,13H,4-5H2,1-3H3. The molecule has 0 amide bonds. The second kappa shape index (κ2) is 4.80. The van der Waals surface area contributed by atoms with E-state index >= 15 is 0 Å². The van der Waals surface area contributed by atoms with Crippen molar-refractivity contribution in [3.8, 4) is 5.75 Å². The Morgan fingerprint density at radius 1 is 1.43 bits per heavy atom. The zero-order valence-corrected chi connectivity index (χ0v) is 10.3. The van der Waals surface area contributed by atoms with Crippen molar-refractivity contribution < 1.29 is 9.84 Å². The van der Waals surface area contributed by atoms with E-state index in [4.69, 9.17) is 9.84 Å². The summed E-state index contributed by atoms with van der Waals surface area (Å²) in [6.45, 7) is 4.25. The fourth-order valence-electron chi connectivity index (χ4n) is 1.55. The number of hydrogen-bond acceptors (Lipinski definition) is 2. The molecule has 1 aromatic carbocycles. The molecular weight excluding hydrogens is 244 g/mol. The molecule has 14 heavy (non-hydrogen) atoms. The van der Waals surface area contributed by atoms with Gasteiger partial charge in [0.1, 0.15) is 5.75 Å². The summed E-state index contributed by atoms with van der Waals surface area (Å²) in [5.74, 6) is 0.835. The predicted octanol–water partition coefficient (Wildman–Crippen LogP) is 2.61. The lowest BCUT2D eigenvalue weighted by atomic mass is 10.00. The van der Waals surface area contributed by atoms with E-state index < -0.39 is 0 Å². The maximum Gasteiger partial charge on any atom is 0.136 e. The van der Waals surface area contributed by atoms with Crippen molar-refractivity contribution in [2.75, 3.05) is 13.7 Å². The third kappa shape index (κ3) is 2.10. The normalized spacial score (nSPS) is 10.4. The third-order valence-corrected chi connectivity index (χ3v) is 3.03. The van der Waals surface area contributed by atoms with Crippen molar-refractivity contribution in [2.45, 2.75) is 20.3 Å². The largest absolute Gasteiger partial charge is 0.495 e. The molecule has 0 aliphatic heterocycles. The molecule has 0 fully saturated rings. The van der Waals surface area contributed by atoms with Crippen LogP contribution in [-0.4, -0.2) is 18.8 Å². The van der Waals surface area contributed by atoms with Gasteiger partial charge in [0.2, 0.25) is 0 Å². The van der Waals surface area contributed by atoms with Gasteiger partial charge >= 0.3 is 0 Å². The molecule has 0 spiro atoms. The molecule has 3 heteroatoms. The average Bonchev–Trinajstić information content (AvgIpc) is 2.14. The quantitative estimate of drug-likeness (QED) is 0.904. The zero-order valence-electron chi connectivity index (χ0n) is 8.72. The fourth-order valence-corrected chi connectivity index (χ4v) is 2.29. The summed E-state index contributed by atoms with van der Waals surface area (Å²) < 4.78 is 6.26. The van der Waals surface area contributed by atoms with Crippen molar-refractivity contribution >= 4 is 15.9 Å². The lowest BCUT2D eigenvalue weighted by molar-refractivity contribution is 0.296. The Hall–Kier alpha value is -0.540. The predicted molar refractivity (Wildman–Crippen MR) is 61.0 cm³/mol. The summed E-state index contributed by atoms with van der Waals surface area (Å²) in [4.78, 5) is 0. The summed E-state index contributed by atoms with van der Waals surface area (Å²) in [5, 5.41) is 8.98. The molecule has 1 aromatic rings. The molecular formula is C11H15BrO2. The van der Waals surface area contributed by atoms with Crippen LogP contribution in [0.15, 0.2) is 10.5 Å². The van der Waals surface area contributed by atoms with E-state index in [1.54, 1.807) is 7.11 Å². The lowest BCUT2D eigenvalue weighted by Crippen LogP contribution is -2.01. The van der Waals surface area contributed by atoms with Gasteiger partial charge in [-0.05, 0) is 53.4 Å². The van der Waals surface area contributed by atoms with E-state index in [0.29, 0.717) is 6.42 Å². The molecule has 0 aliphatic rings. The number of hydrogen-bond donors (Lipinski definition) is 1. The highest BCUT2D eigenvalue weighted by Gasteiger charge is 2.12. The Labute approximate surface area is 93.0 Å². The second-order valence-corrected chi connectivity index (χ2v) is 4.14. The molecule has 0 heterocycles. The van der Waals surface area contributed by atoms with Crippen LogP contribution in [0.2, 0.25) is 0 Å². The SMILES string of the molecule is COc1c(Br)cc(C)c(C)c1CCO. The van der Waals surface area contributed by atoms with Gasteiger partial charge < -0.3 is 9.84 Å². The van der Waals surface area contributed by atoms with E-state index in [9.17, 15) is 0 Å². The van der Waals surface area contributed by atoms with Gasteiger partial charge in [0.05, 0.1) is 11.6 Å². The van der Waals surface area contributed by atoms with E-state index in [1.807, 2.05) is 6.07 Å². The van der Waals surface area contributed by atoms with Crippen LogP contribution in [0.5, 0.6) is 5.75 Å². The van der Waals surface area contributed by atoms with Crippen molar-refractivity contribution in [1.29, 1.82) is 0 Å². The minimum Gasteiger partial charge on any atom is -0.495 e. The first-order valence-corrected chi connectivity index (χ1v) is 5.34. The van der Waals surface area contributed by atoms with Crippen LogP contribution in [-0.2, 0) is 6.42 Å². The summed E-state index contributed by atoms with van der Waals surface area (Å²) >= 11 is 3.46. The number of aryl methyl sites for hydroxylation is 1. The van der Waals surface area contributed by atoms with Crippen LogP contribution in [0.3, 0.4) is 0 Å². The first-order chi connectivity index (χ1) is 6.61. The van der Waals surface area contributed by atoms with E-state index in [0.717, 1.165) is 15.8 Å². The number of rotatable bonds is 3. The summed E-state index contributed by atoms with van der Waals surface area (Å²) in [5.41, 5.74) is 3.49. The van der Waals surface area contributed by atoms with Gasteiger partial charge in [-0.15, -0.1) is 0 Å². The van der Waals surface area contributed by atoms with Crippen LogP contribution in [0.25, 0.3) is 0 Å². The van der Waals surface area contributed by atoms with Crippen LogP contribution < -0.4 is 4.74 Å². The van der Waals surface area contributed by atoms with Crippen LogP contribution in [0.4, 0.5) is 0 Å². The Morgan fingerprint density at radius 2 is 2.07 bits per heavy atom. The monoisotopic (exact) mass is 258 g/mol. The number of halogens is 1. The first kappa shape index (κ1) is 11.5. The molecule has 1 rings (SSSR count). The molecule has 0 aromatic heterocycles. The second-order valence-electron chi connectivity index (χ2n) is 3.29. The van der Waals surface area contributed by atoms with E-state index in [-0.39, 0.29) is 6.61 Å². The van der Waals surface area contributed by atoms with Crippen molar-refractivity contribution in [1.82, 2.24) is 0 Å². The summed E-state index contributed by atoms with van der Waals surface area (Å²) in [7, 11) is 1.65. The van der Waals surface area contributed by atoms with Gasteiger partial charge in [-0.2, -0.15) is 0 Å². The van der Waals surface area contributed by atoms with Crippen molar-refractivity contribution in [2.24, 2.45) is 0 Å². The van der Waals surface area contributed by atoms with Crippen LogP contribution in [0, 0.1) is 13.8 Å². The third-order valence-electron chi connectivity index (χ3n) is 2.44. The molecule has 0 unspecified atom stereocenters. The van der Waals surface area contributed by atoms with Crippen LogP contribution in [0.1, 0.15) is 16.7 Å². The van der Waals surface area contributed by atoms with Gasteiger partial charge in [-0.25, -0.2) is 0 Å². The highest BCUT2D eigenvalue weighted by Crippen LogP contribution is 2.33. The minimum atomic E-state index is 0.146. The molecule has 0 atom stereocenters. The Bertz CT molecular complexity index is 335. The lowest BCUT2D eigenvalue weighted by Gasteiger charge is -2.14. The molecule has 1 N–H and O–H groups in total. The van der Waals surface area contributed by atoms with Crippen LogP contribution >= 0.6 is 15.9 Å². The topological polar surface area (TPSA) is 29.5 Å². The van der Waals surface area contributed by atoms with Crippen molar-refractivity contribution in [3.05, 3.63) is 27.2 Å². The molecule has 0 bridgehead atoms. The molecule has 0 saturated carbocycles. The number of aliphatic hydroxyl groups excluding tert-OH is 1. The van der Waals surface area contributed by atoms with Gasteiger partial charge in [-0.1, -0.05) is 0 Å². The van der Waals surface area contributed by atoms with E-state index in [1.165, 1.54) is 11.1 Å². The molecule has 0 radical (unpaired) electrons. The highest BCUT2D eigenvalue weighted by atomic mass is 79.9. The smallest absolute Gasteiger partial charge is 0.136 e. The van der Waals surface area contributed by atoms with Gasteiger partial charge in [-0.3, -0.25) is 0 Å². The summed E-state index contributed by atoms with van der Waals surface area (Å²) in [6, 6.07) is 2.04. The summed E-state index contributed by atoms with van der Waals surface area (Å²) in [6.07, 6.45) is 0.634. The fraction of sp³-hybridized carbons (Fsp3) is 0.455. The Kier molecular flexibility index (Phi) is 3.96. The number of ether oxygens (including phenoxy) is 1. The molecule has 78 valence electrons. The Morgan fingerprint density at radius 3 is 2.57 bits per heavy atom. The van der Waals surface area contributed by atoms with E-state index in [2.05, 4.69) is 29.8 Å². The number of aliphatic hydroxyl groups is 1. The van der Waals surface area contributed by atoms with Gasteiger partial charge in [0, 0.05) is 12.2 Å². The molecule has 0 aliphatic carbocycles. The highest BCUT2D eigenvalue weighted by molar-refractivity contribution is 9.10. The molecule has 0 saturated heterocycles. The van der Waals surface area contributed by atoms with Gasteiger partial charge in [0.15, 0.2) is 0 Å². The van der Waals surface area contributed by atoms with Crippen molar-refractivity contribution in [3.63, 3.8) is 0 Å². The van der Waals surface area contributed by atoms with Gasteiger partial charge in [0.25, 0.3) is 0 Å². The maximum atomic E-state index is 8.98. The number of benzene rings is 1. The first-order valence-electron chi connectivity index (χ1n) is 4.55.